The first-order chi connectivity index (χ1) is 7.83. The second-order valence-electron chi connectivity index (χ2n) is 4.12. The highest BCUT2D eigenvalue weighted by Crippen LogP contribution is 2.30. The van der Waals surface area contributed by atoms with Crippen molar-refractivity contribution in [1.29, 1.82) is 0 Å². The van der Waals surface area contributed by atoms with E-state index in [2.05, 4.69) is 6.58 Å². The Morgan fingerprint density at radius 1 is 1.50 bits per heavy atom. The van der Waals surface area contributed by atoms with Gasteiger partial charge in [0.25, 0.3) is 0 Å². The molecule has 1 aromatic rings. The normalized spacial score (nSPS) is 21.5. The summed E-state index contributed by atoms with van der Waals surface area (Å²) in [6.45, 7) is 4.36. The third-order valence-electron chi connectivity index (χ3n) is 3.08. The van der Waals surface area contributed by atoms with Gasteiger partial charge in [-0.3, -0.25) is 4.79 Å². The van der Waals surface area contributed by atoms with Crippen molar-refractivity contribution in [2.75, 3.05) is 6.54 Å². The highest BCUT2D eigenvalue weighted by Gasteiger charge is 2.26. The third kappa shape index (κ3) is 2.18. The molecule has 1 aromatic heterocycles. The second-order valence-corrected chi connectivity index (χ2v) is 4.12. The first-order valence-corrected chi connectivity index (χ1v) is 5.79. The minimum absolute atomic E-state index is 0.00306. The minimum Gasteiger partial charge on any atom is -0.467 e. The third-order valence-corrected chi connectivity index (χ3v) is 3.08. The highest BCUT2D eigenvalue weighted by molar-refractivity contribution is 5.87. The molecule has 0 aromatic carbocycles. The lowest BCUT2D eigenvalue weighted by atomic mass is 10.1. The zero-order chi connectivity index (χ0) is 11.4. The molecule has 0 bridgehead atoms. The number of carbonyl (C=O) groups is 1. The predicted molar refractivity (Wildman–Crippen MR) is 61.8 cm³/mol. The summed E-state index contributed by atoms with van der Waals surface area (Å²) in [6, 6.07) is 3.90. The molecule has 86 valence electrons. The number of amides is 1. The van der Waals surface area contributed by atoms with Crippen LogP contribution in [0.2, 0.25) is 0 Å². The van der Waals surface area contributed by atoms with Crippen molar-refractivity contribution in [1.82, 2.24) is 4.90 Å². The Labute approximate surface area is 95.7 Å². The molecular formula is C13H17NO2. The lowest BCUT2D eigenvalue weighted by molar-refractivity contribution is -0.128. The van der Waals surface area contributed by atoms with E-state index in [1.54, 1.807) is 6.26 Å². The van der Waals surface area contributed by atoms with E-state index in [0.29, 0.717) is 0 Å². The van der Waals surface area contributed by atoms with Crippen LogP contribution in [0.1, 0.15) is 37.5 Å². The van der Waals surface area contributed by atoms with Crippen LogP contribution in [0.3, 0.4) is 0 Å². The SMILES string of the molecule is C=CC(=O)N1CCCCCC1c1ccco1. The fourth-order valence-electron chi connectivity index (χ4n) is 2.27. The van der Waals surface area contributed by atoms with E-state index in [9.17, 15) is 4.79 Å². The van der Waals surface area contributed by atoms with Gasteiger partial charge in [0.15, 0.2) is 0 Å². The molecule has 1 fully saturated rings. The van der Waals surface area contributed by atoms with Gasteiger partial charge in [0, 0.05) is 6.54 Å². The van der Waals surface area contributed by atoms with Gasteiger partial charge in [0.2, 0.25) is 5.91 Å². The van der Waals surface area contributed by atoms with Gasteiger partial charge in [-0.25, -0.2) is 0 Å². The summed E-state index contributed by atoms with van der Waals surface area (Å²) < 4.78 is 5.43. The average Bonchev–Trinajstić information content (AvgIpc) is 2.72. The van der Waals surface area contributed by atoms with Crippen LogP contribution in [0.15, 0.2) is 35.5 Å². The average molecular weight is 219 g/mol. The summed E-state index contributed by atoms with van der Waals surface area (Å²) in [6.07, 6.45) is 7.42. The topological polar surface area (TPSA) is 33.5 Å². The van der Waals surface area contributed by atoms with E-state index in [1.165, 1.54) is 12.5 Å². The maximum Gasteiger partial charge on any atom is 0.246 e. The van der Waals surface area contributed by atoms with Crippen molar-refractivity contribution in [3.8, 4) is 0 Å². The van der Waals surface area contributed by atoms with E-state index < -0.39 is 0 Å². The fourth-order valence-corrected chi connectivity index (χ4v) is 2.27. The number of likely N-dealkylation sites (tertiary alicyclic amines) is 1. The Bertz CT molecular complexity index is 356. The van der Waals surface area contributed by atoms with Crippen molar-refractivity contribution >= 4 is 5.91 Å². The molecule has 0 radical (unpaired) electrons. The predicted octanol–water partition coefficient (Wildman–Crippen LogP) is 2.91. The molecule has 0 spiro atoms. The van der Waals surface area contributed by atoms with Crippen LogP contribution in [0, 0.1) is 0 Å². The molecule has 1 amide bonds. The van der Waals surface area contributed by atoms with Gasteiger partial charge in [-0.2, -0.15) is 0 Å². The summed E-state index contributed by atoms with van der Waals surface area (Å²) in [5.41, 5.74) is 0. The zero-order valence-electron chi connectivity index (χ0n) is 9.39. The minimum atomic E-state index is 0.00306. The summed E-state index contributed by atoms with van der Waals surface area (Å²) in [5, 5.41) is 0. The quantitative estimate of drug-likeness (QED) is 0.716. The summed E-state index contributed by atoms with van der Waals surface area (Å²) in [4.78, 5) is 13.7. The molecule has 0 saturated carbocycles. The molecule has 3 heteroatoms. The Hall–Kier alpha value is -1.51. The van der Waals surface area contributed by atoms with Gasteiger partial charge >= 0.3 is 0 Å². The summed E-state index contributed by atoms with van der Waals surface area (Å²) in [7, 11) is 0. The number of rotatable bonds is 2. The Morgan fingerprint density at radius 3 is 3.06 bits per heavy atom. The van der Waals surface area contributed by atoms with Crippen molar-refractivity contribution in [3.63, 3.8) is 0 Å². The summed E-state index contributed by atoms with van der Waals surface area (Å²) in [5.74, 6) is 0.889. The maximum atomic E-state index is 11.8. The van der Waals surface area contributed by atoms with Crippen LogP contribution >= 0.6 is 0 Å². The number of nitrogens with zero attached hydrogens (tertiary/aromatic N) is 1. The summed E-state index contributed by atoms with van der Waals surface area (Å²) >= 11 is 0. The largest absolute Gasteiger partial charge is 0.467 e. The first kappa shape index (κ1) is 11.0. The van der Waals surface area contributed by atoms with E-state index in [1.807, 2.05) is 17.0 Å². The lowest BCUT2D eigenvalue weighted by Crippen LogP contribution is -2.33. The lowest BCUT2D eigenvalue weighted by Gasteiger charge is -2.27. The molecule has 1 saturated heterocycles. The zero-order valence-corrected chi connectivity index (χ0v) is 9.39. The van der Waals surface area contributed by atoms with Gasteiger partial charge < -0.3 is 9.32 Å². The molecule has 0 aliphatic carbocycles. The van der Waals surface area contributed by atoms with Gasteiger partial charge in [0.05, 0.1) is 12.3 Å². The van der Waals surface area contributed by atoms with Crippen LogP contribution in [0.25, 0.3) is 0 Å². The van der Waals surface area contributed by atoms with Gasteiger partial charge in [-0.15, -0.1) is 0 Å². The van der Waals surface area contributed by atoms with Crippen molar-refractivity contribution in [2.24, 2.45) is 0 Å². The van der Waals surface area contributed by atoms with Crippen LogP contribution in [-0.2, 0) is 4.79 Å². The molecule has 1 aliphatic rings. The van der Waals surface area contributed by atoms with E-state index in [-0.39, 0.29) is 11.9 Å². The standard InChI is InChI=1S/C13H17NO2/c1-2-13(15)14-9-5-3-4-7-11(14)12-8-6-10-16-12/h2,6,8,10-11H,1,3-5,7,9H2. The Balaban J connectivity index is 2.22. The van der Waals surface area contributed by atoms with E-state index in [0.717, 1.165) is 31.6 Å². The molecule has 16 heavy (non-hydrogen) atoms. The van der Waals surface area contributed by atoms with Gasteiger partial charge in [-0.05, 0) is 31.1 Å². The smallest absolute Gasteiger partial charge is 0.246 e. The number of hydrogen-bond donors (Lipinski definition) is 0. The first-order valence-electron chi connectivity index (χ1n) is 5.79. The van der Waals surface area contributed by atoms with Gasteiger partial charge in [0.1, 0.15) is 5.76 Å². The van der Waals surface area contributed by atoms with Crippen molar-refractivity contribution in [2.45, 2.75) is 31.7 Å². The molecular weight excluding hydrogens is 202 g/mol. The molecule has 2 rings (SSSR count). The molecule has 1 aliphatic heterocycles. The molecule has 0 N–H and O–H groups in total. The molecule has 2 heterocycles. The number of hydrogen-bond acceptors (Lipinski definition) is 2. The molecule has 3 nitrogen and oxygen atoms in total. The van der Waals surface area contributed by atoms with Crippen LogP contribution in [0.5, 0.6) is 0 Å². The number of furan rings is 1. The van der Waals surface area contributed by atoms with Gasteiger partial charge in [-0.1, -0.05) is 19.4 Å². The maximum absolute atomic E-state index is 11.8. The number of carbonyl (C=O) groups excluding carboxylic acids is 1. The molecule has 1 atom stereocenters. The highest BCUT2D eigenvalue weighted by atomic mass is 16.3. The van der Waals surface area contributed by atoms with Crippen molar-refractivity contribution in [3.05, 3.63) is 36.8 Å². The fraction of sp³-hybridized carbons (Fsp3) is 0.462. The van der Waals surface area contributed by atoms with Crippen LogP contribution in [0.4, 0.5) is 0 Å². The monoisotopic (exact) mass is 219 g/mol. The second kappa shape index (κ2) is 5.01. The Morgan fingerprint density at radius 2 is 2.38 bits per heavy atom. The van der Waals surface area contributed by atoms with Crippen molar-refractivity contribution < 1.29 is 9.21 Å². The Kier molecular flexibility index (Phi) is 3.44. The molecule has 1 unspecified atom stereocenters. The van der Waals surface area contributed by atoms with E-state index in [4.69, 9.17) is 4.42 Å². The van der Waals surface area contributed by atoms with Crippen LogP contribution in [-0.4, -0.2) is 17.4 Å². The van der Waals surface area contributed by atoms with Crippen LogP contribution < -0.4 is 0 Å². The van der Waals surface area contributed by atoms with E-state index >= 15 is 0 Å².